The second kappa shape index (κ2) is 10.8. The number of ether oxygens (including phenoxy) is 1. The molecule has 0 aliphatic carbocycles. The van der Waals surface area contributed by atoms with Crippen LogP contribution in [0.25, 0.3) is 0 Å². The molecular weight excluding hydrogens is 504 g/mol. The lowest BCUT2D eigenvalue weighted by atomic mass is 9.95. The molecule has 1 atom stereocenters. The molecule has 0 aromatic heterocycles. The van der Waals surface area contributed by atoms with Crippen LogP contribution >= 0.6 is 28.1 Å². The van der Waals surface area contributed by atoms with E-state index in [0.29, 0.717) is 28.7 Å². The lowest BCUT2D eigenvalue weighted by molar-refractivity contribution is -0.140. The van der Waals surface area contributed by atoms with Crippen molar-refractivity contribution in [2.75, 3.05) is 24.3 Å². The molecule has 0 spiro atoms. The molecule has 2 aromatic rings. The fourth-order valence-electron chi connectivity index (χ4n) is 3.29. The molecule has 33 heavy (non-hydrogen) atoms. The number of anilines is 2. The Bertz CT molecular complexity index is 1090. The van der Waals surface area contributed by atoms with Crippen molar-refractivity contribution in [1.29, 1.82) is 0 Å². The molecule has 1 unspecified atom stereocenters. The minimum Gasteiger partial charge on any atom is -0.462 e. The Morgan fingerprint density at radius 1 is 1.15 bits per heavy atom. The highest BCUT2D eigenvalue weighted by molar-refractivity contribution is 9.10. The van der Waals surface area contributed by atoms with Gasteiger partial charge in [-0.3, -0.25) is 0 Å². The number of esters is 1. The van der Waals surface area contributed by atoms with Crippen LogP contribution in [-0.2, 0) is 9.53 Å². The summed E-state index contributed by atoms with van der Waals surface area (Å²) in [6.45, 7) is 6.18. The maximum absolute atomic E-state index is 12.9. The van der Waals surface area contributed by atoms with Crippen LogP contribution < -0.4 is 16.0 Å². The number of carbonyl (C=O) groups is 2. The summed E-state index contributed by atoms with van der Waals surface area (Å²) in [6, 6.07) is 13.8. The van der Waals surface area contributed by atoms with Gasteiger partial charge >= 0.3 is 12.0 Å². The number of urea groups is 1. The second-order valence-electron chi connectivity index (χ2n) is 8.14. The van der Waals surface area contributed by atoms with Crippen molar-refractivity contribution in [3.63, 3.8) is 0 Å². The first-order valence-corrected chi connectivity index (χ1v) is 11.7. The van der Waals surface area contributed by atoms with E-state index in [4.69, 9.17) is 17.0 Å². The van der Waals surface area contributed by atoms with E-state index < -0.39 is 6.04 Å². The summed E-state index contributed by atoms with van der Waals surface area (Å²) in [5.41, 5.74) is 3.38. The van der Waals surface area contributed by atoms with Crippen molar-refractivity contribution in [3.05, 3.63) is 69.8 Å². The van der Waals surface area contributed by atoms with Gasteiger partial charge in [-0.2, -0.15) is 0 Å². The van der Waals surface area contributed by atoms with Crippen LogP contribution in [0.3, 0.4) is 0 Å². The topological polar surface area (TPSA) is 82.7 Å². The number of amides is 2. The number of hydrogen-bond donors (Lipinski definition) is 3. The molecular formula is C24H27BrN4O3S. The molecule has 3 rings (SSSR count). The number of benzene rings is 2. The highest BCUT2D eigenvalue weighted by Gasteiger charge is 2.33. The Kier molecular flexibility index (Phi) is 8.10. The zero-order valence-electron chi connectivity index (χ0n) is 18.9. The average molecular weight is 531 g/mol. The highest BCUT2D eigenvalue weighted by atomic mass is 79.9. The van der Waals surface area contributed by atoms with Gasteiger partial charge in [-0.25, -0.2) is 9.59 Å². The van der Waals surface area contributed by atoms with E-state index in [1.165, 1.54) is 0 Å². The van der Waals surface area contributed by atoms with E-state index in [1.807, 2.05) is 58.2 Å². The number of thiocarbonyl (C=S) groups is 1. The molecule has 7 nitrogen and oxygen atoms in total. The quantitative estimate of drug-likeness (QED) is 0.341. The van der Waals surface area contributed by atoms with Crippen LogP contribution in [0, 0.1) is 5.92 Å². The minimum atomic E-state index is -0.446. The number of halogens is 1. The molecule has 0 saturated heterocycles. The summed E-state index contributed by atoms with van der Waals surface area (Å²) in [5, 5.41) is 9.34. The molecule has 0 fully saturated rings. The van der Waals surface area contributed by atoms with E-state index in [9.17, 15) is 9.59 Å². The van der Waals surface area contributed by atoms with Gasteiger partial charge in [0, 0.05) is 28.6 Å². The SMILES string of the molecule is CC1=C(C(=O)OCC(C)C)C(c2ccc(NC(=O)Nc3cccc(Br)c3)cc2)NC(=S)N1C. The molecule has 0 bridgehead atoms. The summed E-state index contributed by atoms with van der Waals surface area (Å²) in [5.74, 6) is -0.138. The minimum absolute atomic E-state index is 0.233. The molecule has 9 heteroatoms. The van der Waals surface area contributed by atoms with Crippen LogP contribution in [-0.4, -0.2) is 35.7 Å². The number of nitrogens with zero attached hydrogens (tertiary/aromatic N) is 1. The molecule has 0 saturated carbocycles. The average Bonchev–Trinajstić information content (AvgIpc) is 2.76. The van der Waals surface area contributed by atoms with Crippen LogP contribution in [0.4, 0.5) is 16.2 Å². The van der Waals surface area contributed by atoms with Gasteiger partial charge in [0.2, 0.25) is 0 Å². The summed E-state index contributed by atoms with van der Waals surface area (Å²) >= 11 is 8.82. The fourth-order valence-corrected chi connectivity index (χ4v) is 3.94. The summed E-state index contributed by atoms with van der Waals surface area (Å²) in [6.07, 6.45) is 0. The first-order chi connectivity index (χ1) is 15.7. The first-order valence-electron chi connectivity index (χ1n) is 10.5. The molecule has 1 heterocycles. The lowest BCUT2D eigenvalue weighted by Gasteiger charge is -2.35. The predicted molar refractivity (Wildman–Crippen MR) is 138 cm³/mol. The highest BCUT2D eigenvalue weighted by Crippen LogP contribution is 2.31. The Hall–Kier alpha value is -2.91. The van der Waals surface area contributed by atoms with Gasteiger partial charge in [0.25, 0.3) is 0 Å². The third-order valence-corrected chi connectivity index (χ3v) is 5.99. The number of hydrogen-bond acceptors (Lipinski definition) is 4. The van der Waals surface area contributed by atoms with Crippen molar-refractivity contribution in [1.82, 2.24) is 10.2 Å². The van der Waals surface area contributed by atoms with Gasteiger partial charge in [0.15, 0.2) is 5.11 Å². The Morgan fingerprint density at radius 3 is 2.45 bits per heavy atom. The van der Waals surface area contributed by atoms with Crippen molar-refractivity contribution in [3.8, 4) is 0 Å². The number of carbonyl (C=O) groups excluding carboxylic acids is 2. The van der Waals surface area contributed by atoms with Crippen LogP contribution in [0.2, 0.25) is 0 Å². The largest absolute Gasteiger partial charge is 0.462 e. The van der Waals surface area contributed by atoms with E-state index >= 15 is 0 Å². The molecule has 174 valence electrons. The molecule has 1 aliphatic rings. The molecule has 1 aliphatic heterocycles. The maximum Gasteiger partial charge on any atom is 0.338 e. The zero-order valence-corrected chi connectivity index (χ0v) is 21.3. The molecule has 3 N–H and O–H groups in total. The summed E-state index contributed by atoms with van der Waals surface area (Å²) < 4.78 is 6.39. The Labute approximate surface area is 207 Å². The maximum atomic E-state index is 12.9. The first kappa shape index (κ1) is 24.7. The number of rotatable bonds is 6. The zero-order chi connectivity index (χ0) is 24.1. The van der Waals surface area contributed by atoms with E-state index in [0.717, 1.165) is 15.7 Å². The van der Waals surface area contributed by atoms with Gasteiger partial charge < -0.3 is 25.6 Å². The van der Waals surface area contributed by atoms with E-state index in [-0.39, 0.29) is 17.9 Å². The normalized spacial score (nSPS) is 15.9. The number of allylic oxidation sites excluding steroid dienone is 1. The molecule has 0 radical (unpaired) electrons. The Balaban J connectivity index is 1.76. The van der Waals surface area contributed by atoms with Gasteiger partial charge in [0.1, 0.15) is 0 Å². The van der Waals surface area contributed by atoms with Crippen LogP contribution in [0.5, 0.6) is 0 Å². The molecule has 2 amide bonds. The third-order valence-electron chi connectivity index (χ3n) is 5.11. The second-order valence-corrected chi connectivity index (χ2v) is 9.45. The fraction of sp³-hybridized carbons (Fsp3) is 0.292. The van der Waals surface area contributed by atoms with Gasteiger partial charge in [-0.15, -0.1) is 0 Å². The van der Waals surface area contributed by atoms with E-state index in [2.05, 4.69) is 31.9 Å². The van der Waals surface area contributed by atoms with Crippen molar-refractivity contribution >= 4 is 56.6 Å². The Morgan fingerprint density at radius 2 is 1.82 bits per heavy atom. The van der Waals surface area contributed by atoms with Crippen molar-refractivity contribution < 1.29 is 14.3 Å². The standard InChI is InChI=1S/C24H27BrN4O3S/c1-14(2)13-32-22(30)20-15(3)29(4)24(33)28-21(20)16-8-10-18(11-9-16)26-23(31)27-19-7-5-6-17(25)12-19/h5-12,14,21H,13H2,1-4H3,(H,28,33)(H2,26,27,31). The monoisotopic (exact) mass is 530 g/mol. The van der Waals surface area contributed by atoms with Crippen molar-refractivity contribution in [2.24, 2.45) is 5.92 Å². The predicted octanol–water partition coefficient (Wildman–Crippen LogP) is 5.43. The van der Waals surface area contributed by atoms with E-state index in [1.54, 1.807) is 23.1 Å². The smallest absolute Gasteiger partial charge is 0.338 e. The van der Waals surface area contributed by atoms with Crippen LogP contribution in [0.15, 0.2) is 64.3 Å². The van der Waals surface area contributed by atoms with Gasteiger partial charge in [-0.1, -0.05) is 48.0 Å². The number of nitrogens with one attached hydrogen (secondary N) is 3. The van der Waals surface area contributed by atoms with Gasteiger partial charge in [0.05, 0.1) is 18.2 Å². The summed E-state index contributed by atoms with van der Waals surface area (Å²) in [7, 11) is 1.81. The van der Waals surface area contributed by atoms with Crippen molar-refractivity contribution in [2.45, 2.75) is 26.8 Å². The summed E-state index contributed by atoms with van der Waals surface area (Å²) in [4.78, 5) is 27.0. The third kappa shape index (κ3) is 6.33. The lowest BCUT2D eigenvalue weighted by Crippen LogP contribution is -2.46. The van der Waals surface area contributed by atoms with Gasteiger partial charge in [-0.05, 0) is 61.0 Å². The van der Waals surface area contributed by atoms with Crippen LogP contribution in [0.1, 0.15) is 32.4 Å². The molecule has 2 aromatic carbocycles.